The Morgan fingerprint density at radius 2 is 1.26 bits per heavy atom. The van der Waals surface area contributed by atoms with Crippen molar-refractivity contribution in [1.82, 2.24) is 9.97 Å². The summed E-state index contributed by atoms with van der Waals surface area (Å²) in [4.78, 5) is 21.5. The number of hydrogen-bond donors (Lipinski definition) is 0. The summed E-state index contributed by atoms with van der Waals surface area (Å²) in [5.74, 6) is 0.177. The van der Waals surface area contributed by atoms with Crippen molar-refractivity contribution in [2.24, 2.45) is 0 Å². The van der Waals surface area contributed by atoms with Crippen molar-refractivity contribution in [2.75, 3.05) is 0 Å². The highest BCUT2D eigenvalue weighted by atomic mass is 19.1. The molecule has 1 heterocycles. The number of carbonyl (C=O) groups is 1. The monoisotopic (exact) mass is 532 g/mol. The van der Waals surface area contributed by atoms with Crippen LogP contribution in [0.15, 0.2) is 60.9 Å². The summed E-state index contributed by atoms with van der Waals surface area (Å²) in [6, 6.07) is 15.6. The fourth-order valence-electron chi connectivity index (χ4n) is 4.65. The van der Waals surface area contributed by atoms with Crippen molar-refractivity contribution in [3.63, 3.8) is 0 Å². The third-order valence-electron chi connectivity index (χ3n) is 7.26. The summed E-state index contributed by atoms with van der Waals surface area (Å²) >= 11 is 0. The molecule has 4 nitrogen and oxygen atoms in total. The number of aromatic nitrogens is 2. The van der Waals surface area contributed by atoms with Gasteiger partial charge in [0.2, 0.25) is 5.67 Å². The van der Waals surface area contributed by atoms with Gasteiger partial charge < -0.3 is 4.74 Å². The lowest BCUT2D eigenvalue weighted by Crippen LogP contribution is -2.34. The van der Waals surface area contributed by atoms with Crippen LogP contribution >= 0.6 is 0 Å². The van der Waals surface area contributed by atoms with Crippen LogP contribution < -0.4 is 4.74 Å². The predicted molar refractivity (Wildman–Crippen MR) is 159 cm³/mol. The van der Waals surface area contributed by atoms with Crippen LogP contribution in [0.1, 0.15) is 103 Å². The van der Waals surface area contributed by atoms with Crippen molar-refractivity contribution >= 4 is 5.97 Å². The van der Waals surface area contributed by atoms with Crippen LogP contribution in [0.3, 0.4) is 0 Å². The molecule has 0 fully saturated rings. The largest absolute Gasteiger partial charge is 0.424 e. The van der Waals surface area contributed by atoms with Gasteiger partial charge in [-0.25, -0.2) is 19.2 Å². The Kier molecular flexibility index (Phi) is 12.6. The highest BCUT2D eigenvalue weighted by Crippen LogP contribution is 2.26. The maximum absolute atomic E-state index is 14.8. The van der Waals surface area contributed by atoms with Gasteiger partial charge in [-0.2, -0.15) is 0 Å². The van der Waals surface area contributed by atoms with Crippen molar-refractivity contribution in [3.05, 3.63) is 66.5 Å². The van der Waals surface area contributed by atoms with Crippen molar-refractivity contribution in [3.8, 4) is 28.3 Å². The van der Waals surface area contributed by atoms with Gasteiger partial charge in [0, 0.05) is 23.5 Å². The number of esters is 1. The molecule has 0 aliphatic rings. The molecule has 5 heteroatoms. The first kappa shape index (κ1) is 30.5. The second-order valence-corrected chi connectivity index (χ2v) is 10.8. The van der Waals surface area contributed by atoms with E-state index in [0.29, 0.717) is 18.0 Å². The summed E-state index contributed by atoms with van der Waals surface area (Å²) in [5.41, 5.74) is 2.13. The molecule has 0 radical (unpaired) electrons. The molecule has 0 N–H and O–H groups in total. The van der Waals surface area contributed by atoms with E-state index in [1.807, 2.05) is 12.1 Å². The fourth-order valence-corrected chi connectivity index (χ4v) is 4.65. The first-order valence-electron chi connectivity index (χ1n) is 14.9. The molecule has 0 spiro atoms. The van der Waals surface area contributed by atoms with E-state index in [2.05, 4.69) is 48.1 Å². The number of carbonyl (C=O) groups excluding carboxylic acids is 1. The SMILES string of the molecule is CCCCCCCCCc1ccc(-c2ncc(-c3ccc(OC(=O)C(C)(F)CCCCCC)cc3)cn2)cc1. The van der Waals surface area contributed by atoms with E-state index in [-0.39, 0.29) is 6.42 Å². The van der Waals surface area contributed by atoms with Gasteiger partial charge in [-0.05, 0) is 55.9 Å². The van der Waals surface area contributed by atoms with E-state index in [4.69, 9.17) is 4.74 Å². The maximum Gasteiger partial charge on any atom is 0.348 e. The van der Waals surface area contributed by atoms with Gasteiger partial charge in [-0.15, -0.1) is 0 Å². The van der Waals surface area contributed by atoms with Crippen LogP contribution in [0.25, 0.3) is 22.5 Å². The molecule has 0 aliphatic carbocycles. The zero-order valence-electron chi connectivity index (χ0n) is 24.1. The van der Waals surface area contributed by atoms with E-state index in [9.17, 15) is 9.18 Å². The summed E-state index contributed by atoms with van der Waals surface area (Å²) in [6.07, 6.45) is 17.8. The second-order valence-electron chi connectivity index (χ2n) is 10.8. The van der Waals surface area contributed by atoms with Crippen LogP contribution in [0.4, 0.5) is 4.39 Å². The number of nitrogens with zero attached hydrogens (tertiary/aromatic N) is 2. The van der Waals surface area contributed by atoms with Crippen molar-refractivity contribution in [1.29, 1.82) is 0 Å². The standard InChI is InChI=1S/C34H45FN2O2/c1-4-6-8-10-11-12-13-15-27-16-18-29(19-17-27)32-36-25-30(26-37-32)28-20-22-31(23-21-28)39-33(38)34(3,35)24-14-9-7-5-2/h16-23,25-26H,4-15,24H2,1-3H3. The van der Waals surface area contributed by atoms with Gasteiger partial charge in [-0.1, -0.05) is 108 Å². The van der Waals surface area contributed by atoms with Crippen LogP contribution in [-0.2, 0) is 11.2 Å². The smallest absolute Gasteiger partial charge is 0.348 e. The minimum Gasteiger partial charge on any atom is -0.424 e. The summed E-state index contributed by atoms with van der Waals surface area (Å²) in [5, 5.41) is 0. The molecule has 0 saturated carbocycles. The molecule has 39 heavy (non-hydrogen) atoms. The molecule has 3 rings (SSSR count). The van der Waals surface area contributed by atoms with E-state index in [0.717, 1.165) is 42.4 Å². The Labute approximate surface area is 234 Å². The third kappa shape index (κ3) is 10.2. The lowest BCUT2D eigenvalue weighted by molar-refractivity contribution is -0.147. The zero-order valence-corrected chi connectivity index (χ0v) is 24.1. The van der Waals surface area contributed by atoms with Crippen LogP contribution in [-0.4, -0.2) is 21.6 Å². The molecule has 210 valence electrons. The van der Waals surface area contributed by atoms with E-state index in [1.54, 1.807) is 24.5 Å². The Hall–Kier alpha value is -3.08. The molecule has 1 atom stereocenters. The minimum atomic E-state index is -1.98. The molecular weight excluding hydrogens is 487 g/mol. The highest BCUT2D eigenvalue weighted by molar-refractivity contribution is 5.81. The van der Waals surface area contributed by atoms with Gasteiger partial charge in [0.25, 0.3) is 0 Å². The van der Waals surface area contributed by atoms with Crippen molar-refractivity contribution < 1.29 is 13.9 Å². The van der Waals surface area contributed by atoms with E-state index < -0.39 is 11.6 Å². The molecule has 0 amide bonds. The average molecular weight is 533 g/mol. The number of unbranched alkanes of at least 4 members (excludes halogenated alkanes) is 9. The van der Waals surface area contributed by atoms with Crippen LogP contribution in [0.5, 0.6) is 5.75 Å². The number of hydrogen-bond acceptors (Lipinski definition) is 4. The number of halogens is 1. The number of rotatable bonds is 17. The molecule has 0 saturated heterocycles. The summed E-state index contributed by atoms with van der Waals surface area (Å²) in [7, 11) is 0. The Morgan fingerprint density at radius 1 is 0.718 bits per heavy atom. The zero-order chi connectivity index (χ0) is 27.9. The molecule has 1 unspecified atom stereocenters. The molecule has 0 bridgehead atoms. The Bertz CT molecular complexity index is 1110. The number of alkyl halides is 1. The molecular formula is C34H45FN2O2. The molecule has 3 aromatic rings. The van der Waals surface area contributed by atoms with Gasteiger partial charge in [0.05, 0.1) is 0 Å². The second kappa shape index (κ2) is 16.1. The number of benzene rings is 2. The topological polar surface area (TPSA) is 52.1 Å². The Balaban J connectivity index is 1.49. The third-order valence-corrected chi connectivity index (χ3v) is 7.26. The van der Waals surface area contributed by atoms with Gasteiger partial charge in [0.1, 0.15) is 5.75 Å². The first-order valence-corrected chi connectivity index (χ1v) is 14.9. The quantitative estimate of drug-likeness (QED) is 0.0986. The van der Waals surface area contributed by atoms with Gasteiger partial charge in [-0.3, -0.25) is 0 Å². The minimum absolute atomic E-state index is 0.176. The summed E-state index contributed by atoms with van der Waals surface area (Å²) in [6.45, 7) is 5.66. The predicted octanol–water partition coefficient (Wildman–Crippen LogP) is 9.71. The van der Waals surface area contributed by atoms with E-state index in [1.165, 1.54) is 57.4 Å². The Morgan fingerprint density at radius 3 is 1.87 bits per heavy atom. The lowest BCUT2D eigenvalue weighted by atomic mass is 10.00. The first-order chi connectivity index (χ1) is 18.9. The number of aryl methyl sites for hydroxylation is 1. The maximum atomic E-state index is 14.8. The molecule has 0 aliphatic heterocycles. The molecule has 2 aromatic carbocycles. The van der Waals surface area contributed by atoms with Gasteiger partial charge >= 0.3 is 5.97 Å². The van der Waals surface area contributed by atoms with Gasteiger partial charge in [0.15, 0.2) is 5.82 Å². The van der Waals surface area contributed by atoms with E-state index >= 15 is 0 Å². The summed E-state index contributed by atoms with van der Waals surface area (Å²) < 4.78 is 20.1. The lowest BCUT2D eigenvalue weighted by Gasteiger charge is -2.18. The molecule has 1 aromatic heterocycles. The number of ether oxygens (including phenoxy) is 1. The van der Waals surface area contributed by atoms with Crippen LogP contribution in [0.2, 0.25) is 0 Å². The van der Waals surface area contributed by atoms with Crippen LogP contribution in [0, 0.1) is 0 Å². The van der Waals surface area contributed by atoms with Crippen molar-refractivity contribution in [2.45, 2.75) is 110 Å². The fraction of sp³-hybridized carbons (Fsp3) is 0.500. The highest BCUT2D eigenvalue weighted by Gasteiger charge is 2.34. The average Bonchev–Trinajstić information content (AvgIpc) is 2.96. The normalized spacial score (nSPS) is 12.7.